The van der Waals surface area contributed by atoms with Gasteiger partial charge in [-0.05, 0) is 36.8 Å². The molecule has 3 aromatic rings. The average Bonchev–Trinajstić information content (AvgIpc) is 3.22. The number of benzene rings is 2. The molecule has 0 bridgehead atoms. The van der Waals surface area contributed by atoms with Gasteiger partial charge in [0.05, 0.1) is 0 Å². The molecule has 4 rings (SSSR count). The van der Waals surface area contributed by atoms with Crippen LogP contribution in [0, 0.1) is 12.7 Å². The lowest BCUT2D eigenvalue weighted by Gasteiger charge is -2.18. The number of amides is 1. The molecule has 1 aromatic heterocycles. The van der Waals surface area contributed by atoms with E-state index < -0.39 is 0 Å². The average molecular weight is 337 g/mol. The molecule has 25 heavy (non-hydrogen) atoms. The van der Waals surface area contributed by atoms with Crippen molar-refractivity contribution in [3.05, 3.63) is 65.7 Å². The van der Waals surface area contributed by atoms with E-state index >= 15 is 0 Å². The molecule has 2 heterocycles. The van der Waals surface area contributed by atoms with Gasteiger partial charge in [-0.2, -0.15) is 4.98 Å². The Kier molecular flexibility index (Phi) is 3.80. The molecule has 0 aliphatic carbocycles. The standard InChI is InChI=1S/C19H16FN3O2/c1-12-5-2-3-8-16(12)23-11-14(10-17(23)24)18-21-19(25-22-18)13-6-4-7-15(20)9-13/h2-9,14H,10-11H2,1H3. The van der Waals surface area contributed by atoms with Crippen LogP contribution in [0.1, 0.15) is 23.7 Å². The predicted molar refractivity (Wildman–Crippen MR) is 90.6 cm³/mol. The maximum Gasteiger partial charge on any atom is 0.258 e. The number of para-hydroxylation sites is 1. The summed E-state index contributed by atoms with van der Waals surface area (Å²) in [5.74, 6) is 0.272. The Labute approximate surface area is 144 Å². The second-order valence-corrected chi connectivity index (χ2v) is 6.16. The molecular formula is C19H16FN3O2. The van der Waals surface area contributed by atoms with Gasteiger partial charge in [-0.1, -0.05) is 29.4 Å². The van der Waals surface area contributed by atoms with Crippen molar-refractivity contribution in [3.63, 3.8) is 0 Å². The summed E-state index contributed by atoms with van der Waals surface area (Å²) in [5, 5.41) is 4.00. The summed E-state index contributed by atoms with van der Waals surface area (Å²) < 4.78 is 18.6. The zero-order valence-corrected chi connectivity index (χ0v) is 13.6. The number of carbonyl (C=O) groups is 1. The molecule has 1 saturated heterocycles. The maximum absolute atomic E-state index is 13.3. The normalized spacial score (nSPS) is 17.3. The minimum atomic E-state index is -0.362. The molecule has 1 fully saturated rings. The minimum Gasteiger partial charge on any atom is -0.334 e. The Morgan fingerprint density at radius 2 is 2.04 bits per heavy atom. The van der Waals surface area contributed by atoms with Gasteiger partial charge < -0.3 is 9.42 Å². The van der Waals surface area contributed by atoms with Crippen LogP contribution in [0.2, 0.25) is 0 Å². The van der Waals surface area contributed by atoms with Gasteiger partial charge in [-0.15, -0.1) is 0 Å². The molecule has 0 spiro atoms. The molecule has 1 amide bonds. The Balaban J connectivity index is 1.58. The monoisotopic (exact) mass is 337 g/mol. The number of aromatic nitrogens is 2. The molecule has 1 aliphatic rings. The highest BCUT2D eigenvalue weighted by atomic mass is 19.1. The zero-order valence-electron chi connectivity index (χ0n) is 13.6. The smallest absolute Gasteiger partial charge is 0.258 e. The summed E-state index contributed by atoms with van der Waals surface area (Å²) in [5.41, 5.74) is 2.48. The number of hydrogen-bond donors (Lipinski definition) is 0. The Bertz CT molecular complexity index is 938. The quantitative estimate of drug-likeness (QED) is 0.731. The van der Waals surface area contributed by atoms with E-state index in [1.165, 1.54) is 12.1 Å². The van der Waals surface area contributed by atoms with Gasteiger partial charge in [0.25, 0.3) is 5.89 Å². The van der Waals surface area contributed by atoms with Crippen molar-refractivity contribution < 1.29 is 13.7 Å². The third-order valence-corrected chi connectivity index (χ3v) is 4.41. The molecular weight excluding hydrogens is 321 g/mol. The van der Waals surface area contributed by atoms with Gasteiger partial charge in [-0.25, -0.2) is 4.39 Å². The van der Waals surface area contributed by atoms with Crippen molar-refractivity contribution in [2.75, 3.05) is 11.4 Å². The molecule has 0 N–H and O–H groups in total. The van der Waals surface area contributed by atoms with Gasteiger partial charge in [0.2, 0.25) is 5.91 Å². The number of aryl methyl sites for hydroxylation is 1. The highest BCUT2D eigenvalue weighted by Crippen LogP contribution is 2.32. The fourth-order valence-corrected chi connectivity index (χ4v) is 3.12. The molecule has 1 aliphatic heterocycles. The number of nitrogens with zero attached hydrogens (tertiary/aromatic N) is 3. The number of carbonyl (C=O) groups excluding carboxylic acids is 1. The van der Waals surface area contributed by atoms with Gasteiger partial charge in [-0.3, -0.25) is 4.79 Å². The summed E-state index contributed by atoms with van der Waals surface area (Å²) in [6, 6.07) is 13.8. The van der Waals surface area contributed by atoms with Crippen molar-refractivity contribution >= 4 is 11.6 Å². The fourth-order valence-electron chi connectivity index (χ4n) is 3.12. The van der Waals surface area contributed by atoms with Crippen LogP contribution in [0.15, 0.2) is 53.1 Å². The summed E-state index contributed by atoms with van der Waals surface area (Å²) >= 11 is 0. The van der Waals surface area contributed by atoms with Gasteiger partial charge >= 0.3 is 0 Å². The number of anilines is 1. The highest BCUT2D eigenvalue weighted by molar-refractivity contribution is 5.97. The molecule has 0 saturated carbocycles. The second-order valence-electron chi connectivity index (χ2n) is 6.16. The van der Waals surface area contributed by atoms with Gasteiger partial charge in [0, 0.05) is 30.1 Å². The first-order chi connectivity index (χ1) is 12.1. The van der Waals surface area contributed by atoms with Crippen LogP contribution in [0.4, 0.5) is 10.1 Å². The van der Waals surface area contributed by atoms with Crippen molar-refractivity contribution in [3.8, 4) is 11.5 Å². The van der Waals surface area contributed by atoms with Crippen molar-refractivity contribution in [1.82, 2.24) is 10.1 Å². The molecule has 126 valence electrons. The lowest BCUT2D eigenvalue weighted by atomic mass is 10.1. The van der Waals surface area contributed by atoms with Crippen molar-refractivity contribution in [2.24, 2.45) is 0 Å². The number of rotatable bonds is 3. The first-order valence-electron chi connectivity index (χ1n) is 8.07. The molecule has 1 atom stereocenters. The lowest BCUT2D eigenvalue weighted by Crippen LogP contribution is -2.25. The lowest BCUT2D eigenvalue weighted by molar-refractivity contribution is -0.117. The van der Waals surface area contributed by atoms with Crippen LogP contribution in [-0.2, 0) is 4.79 Å². The van der Waals surface area contributed by atoms with Gasteiger partial charge in [0.15, 0.2) is 5.82 Å². The van der Waals surface area contributed by atoms with Crippen LogP contribution in [0.3, 0.4) is 0 Å². The molecule has 1 unspecified atom stereocenters. The first kappa shape index (κ1) is 15.5. The summed E-state index contributed by atoms with van der Waals surface area (Å²) in [6.45, 7) is 2.48. The Morgan fingerprint density at radius 1 is 1.20 bits per heavy atom. The van der Waals surface area contributed by atoms with E-state index in [1.807, 2.05) is 31.2 Å². The third-order valence-electron chi connectivity index (χ3n) is 4.41. The number of halogens is 1. The fraction of sp³-hybridized carbons (Fsp3) is 0.211. The summed E-state index contributed by atoms with van der Waals surface area (Å²) in [6.07, 6.45) is 0.330. The highest BCUT2D eigenvalue weighted by Gasteiger charge is 2.35. The largest absolute Gasteiger partial charge is 0.334 e. The van der Waals surface area contributed by atoms with E-state index in [4.69, 9.17) is 4.52 Å². The van der Waals surface area contributed by atoms with Crippen LogP contribution in [0.25, 0.3) is 11.5 Å². The Morgan fingerprint density at radius 3 is 2.84 bits per heavy atom. The van der Waals surface area contributed by atoms with Crippen molar-refractivity contribution in [2.45, 2.75) is 19.3 Å². The van der Waals surface area contributed by atoms with Crippen LogP contribution in [0.5, 0.6) is 0 Å². The van der Waals surface area contributed by atoms with E-state index in [0.29, 0.717) is 24.4 Å². The summed E-state index contributed by atoms with van der Waals surface area (Å²) in [7, 11) is 0. The maximum atomic E-state index is 13.3. The predicted octanol–water partition coefficient (Wildman–Crippen LogP) is 3.70. The molecule has 6 heteroatoms. The zero-order chi connectivity index (χ0) is 17.4. The first-order valence-corrected chi connectivity index (χ1v) is 8.07. The van der Waals surface area contributed by atoms with Crippen LogP contribution >= 0.6 is 0 Å². The molecule has 5 nitrogen and oxygen atoms in total. The molecule has 2 aromatic carbocycles. The van der Waals surface area contributed by atoms with E-state index in [0.717, 1.165) is 11.3 Å². The van der Waals surface area contributed by atoms with Gasteiger partial charge in [0.1, 0.15) is 5.82 Å². The number of hydrogen-bond acceptors (Lipinski definition) is 4. The second kappa shape index (κ2) is 6.12. The minimum absolute atomic E-state index is 0.0383. The summed E-state index contributed by atoms with van der Waals surface area (Å²) in [4.78, 5) is 18.5. The topological polar surface area (TPSA) is 59.2 Å². The van der Waals surface area contributed by atoms with E-state index in [2.05, 4.69) is 10.1 Å². The van der Waals surface area contributed by atoms with E-state index in [1.54, 1.807) is 17.0 Å². The SMILES string of the molecule is Cc1ccccc1N1CC(c2noc(-c3cccc(F)c3)n2)CC1=O. The van der Waals surface area contributed by atoms with Crippen molar-refractivity contribution in [1.29, 1.82) is 0 Å². The third kappa shape index (κ3) is 2.91. The van der Waals surface area contributed by atoms with E-state index in [9.17, 15) is 9.18 Å². The van der Waals surface area contributed by atoms with Crippen LogP contribution < -0.4 is 4.90 Å². The van der Waals surface area contributed by atoms with Crippen LogP contribution in [-0.4, -0.2) is 22.6 Å². The Hall–Kier alpha value is -3.02. The van der Waals surface area contributed by atoms with E-state index in [-0.39, 0.29) is 23.5 Å². The molecule has 0 radical (unpaired) electrons.